The predicted molar refractivity (Wildman–Crippen MR) is 279 cm³/mol. The van der Waals surface area contributed by atoms with Crippen LogP contribution in [0.25, 0.3) is 111 Å². The number of aryl methyl sites for hydroxylation is 1. The van der Waals surface area contributed by atoms with Gasteiger partial charge in [0.25, 0.3) is 0 Å². The second-order valence-electron chi connectivity index (χ2n) is 17.8. The summed E-state index contributed by atoms with van der Waals surface area (Å²) >= 11 is 0. The molecule has 67 heavy (non-hydrogen) atoms. The van der Waals surface area contributed by atoms with Gasteiger partial charge in [-0.25, -0.2) is 15.0 Å². The molecule has 0 amide bonds. The Bertz CT molecular complexity index is 3820. The maximum atomic E-state index is 5.05. The minimum Gasteiger partial charge on any atom is -0.208 e. The molecule has 0 saturated carbocycles. The van der Waals surface area contributed by atoms with E-state index in [1.165, 1.54) is 82.0 Å². The van der Waals surface area contributed by atoms with Gasteiger partial charge in [0, 0.05) is 22.6 Å². The highest BCUT2D eigenvalue weighted by Gasteiger charge is 2.25. The van der Waals surface area contributed by atoms with Crippen LogP contribution in [0.4, 0.5) is 0 Å². The summed E-state index contributed by atoms with van der Waals surface area (Å²) in [5, 5.41) is 10.1. The monoisotopic (exact) mass is 853 g/mol. The molecule has 0 bridgehead atoms. The zero-order chi connectivity index (χ0) is 44.3. The lowest BCUT2D eigenvalue weighted by Gasteiger charge is -2.21. The van der Waals surface area contributed by atoms with E-state index in [-0.39, 0.29) is 5.92 Å². The Labute approximate surface area is 389 Å². The maximum absolute atomic E-state index is 5.05. The first kappa shape index (κ1) is 38.9. The molecule has 3 nitrogen and oxygen atoms in total. The fourth-order valence-corrected chi connectivity index (χ4v) is 10.7. The Morgan fingerprint density at radius 2 is 0.881 bits per heavy atom. The number of nitrogens with zero attached hydrogens (tertiary/aromatic N) is 3. The zero-order valence-electron chi connectivity index (χ0n) is 36.8. The Morgan fingerprint density at radius 3 is 1.67 bits per heavy atom. The van der Waals surface area contributed by atoms with E-state index in [0.717, 1.165) is 40.7 Å². The third-order valence-corrected chi connectivity index (χ3v) is 13.9. The summed E-state index contributed by atoms with van der Waals surface area (Å²) in [5.41, 5.74) is 14.4. The lowest BCUT2D eigenvalue weighted by molar-refractivity contribution is 0.727. The first-order valence-corrected chi connectivity index (χ1v) is 23.3. The minimum absolute atomic E-state index is 0.289. The van der Waals surface area contributed by atoms with Crippen molar-refractivity contribution in [2.45, 2.75) is 18.8 Å². The van der Waals surface area contributed by atoms with Crippen molar-refractivity contribution in [3.05, 3.63) is 247 Å². The van der Waals surface area contributed by atoms with Crippen LogP contribution in [0.2, 0.25) is 0 Å². The minimum atomic E-state index is 0.289. The van der Waals surface area contributed by atoms with Gasteiger partial charge in [0.15, 0.2) is 17.5 Å². The van der Waals surface area contributed by atoms with Crippen LogP contribution in [0.5, 0.6) is 0 Å². The smallest absolute Gasteiger partial charge is 0.164 e. The molecule has 1 aliphatic rings. The van der Waals surface area contributed by atoms with E-state index in [4.69, 9.17) is 15.0 Å². The van der Waals surface area contributed by atoms with Crippen LogP contribution in [-0.4, -0.2) is 15.0 Å². The summed E-state index contributed by atoms with van der Waals surface area (Å²) < 4.78 is 0. The molecule has 11 aromatic carbocycles. The van der Waals surface area contributed by atoms with Gasteiger partial charge in [-0.2, -0.15) is 0 Å². The zero-order valence-corrected chi connectivity index (χ0v) is 36.8. The van der Waals surface area contributed by atoms with Crippen molar-refractivity contribution in [2.24, 2.45) is 0 Å². The summed E-state index contributed by atoms with van der Waals surface area (Å²) in [6, 6.07) is 83.8. The van der Waals surface area contributed by atoms with Crippen LogP contribution < -0.4 is 0 Å². The molecule has 3 heteroatoms. The molecule has 0 N–H and O–H groups in total. The van der Waals surface area contributed by atoms with Gasteiger partial charge < -0.3 is 0 Å². The van der Waals surface area contributed by atoms with Crippen LogP contribution in [0, 0.1) is 0 Å². The van der Waals surface area contributed by atoms with Gasteiger partial charge in [-0.05, 0) is 124 Å². The van der Waals surface area contributed by atoms with Crippen LogP contribution in [0.15, 0.2) is 231 Å². The second kappa shape index (κ2) is 16.2. The highest BCUT2D eigenvalue weighted by molar-refractivity contribution is 6.29. The third kappa shape index (κ3) is 6.87. The van der Waals surface area contributed by atoms with Crippen LogP contribution in [-0.2, 0) is 6.42 Å². The average Bonchev–Trinajstić information content (AvgIpc) is 3.57. The number of aromatic nitrogens is 3. The fourth-order valence-electron chi connectivity index (χ4n) is 10.7. The quantitative estimate of drug-likeness (QED) is 0.156. The summed E-state index contributed by atoms with van der Waals surface area (Å²) in [5.74, 6) is 2.23. The second-order valence-corrected chi connectivity index (χ2v) is 17.8. The van der Waals surface area contributed by atoms with Gasteiger partial charge in [-0.1, -0.05) is 212 Å². The molecular weight excluding hydrogens is 811 g/mol. The normalized spacial score (nSPS) is 13.4. The predicted octanol–water partition coefficient (Wildman–Crippen LogP) is 16.6. The van der Waals surface area contributed by atoms with Crippen molar-refractivity contribution < 1.29 is 0 Å². The molecule has 13 rings (SSSR count). The lowest BCUT2D eigenvalue weighted by atomic mass is 9.83. The van der Waals surface area contributed by atoms with E-state index >= 15 is 0 Å². The van der Waals surface area contributed by atoms with E-state index in [1.807, 2.05) is 60.7 Å². The molecule has 0 radical (unpaired) electrons. The summed E-state index contributed by atoms with van der Waals surface area (Å²) in [6.07, 6.45) is 2.10. The van der Waals surface area contributed by atoms with Gasteiger partial charge in [0.2, 0.25) is 0 Å². The molecular formula is C64H43N3. The Morgan fingerprint density at radius 1 is 0.313 bits per heavy atom. The van der Waals surface area contributed by atoms with Crippen LogP contribution >= 0.6 is 0 Å². The highest BCUT2D eigenvalue weighted by atomic mass is 15.0. The van der Waals surface area contributed by atoms with Gasteiger partial charge in [-0.3, -0.25) is 0 Å². The van der Waals surface area contributed by atoms with E-state index in [9.17, 15) is 0 Å². The average molecular weight is 854 g/mol. The molecule has 1 atom stereocenters. The van der Waals surface area contributed by atoms with Crippen molar-refractivity contribution in [1.29, 1.82) is 0 Å². The topological polar surface area (TPSA) is 38.7 Å². The molecule has 0 saturated heterocycles. The van der Waals surface area contributed by atoms with Gasteiger partial charge in [-0.15, -0.1) is 0 Å². The molecule has 314 valence electrons. The number of fused-ring (bicyclic) bond motifs is 10. The first-order chi connectivity index (χ1) is 33.2. The standard InChI is InChI=1S/C64H43N3/c1-3-17-43(18-4-1)62-65-63(44-19-5-2-6-20-44)67-64(66-62)50-23-13-22-46(38-50)47-32-36-58-60(39-47)55-26-12-11-25-54(55)57-28-14-27-53(61(57)58)49-33-35-56-52(48-30-29-41-15-7-8-21-45(41)37-48)34-31-42-16-9-10-24-51(42)59(56)40-49/h1-30,32-33,35-40,52H,31,34H2. The van der Waals surface area contributed by atoms with Crippen molar-refractivity contribution in [3.8, 4) is 67.5 Å². The number of rotatable bonds is 6. The Hall–Kier alpha value is -8.53. The molecule has 1 heterocycles. The maximum Gasteiger partial charge on any atom is 0.164 e. The van der Waals surface area contributed by atoms with E-state index < -0.39 is 0 Å². The molecule has 1 unspecified atom stereocenters. The molecule has 1 aliphatic carbocycles. The Balaban J connectivity index is 0.958. The molecule has 0 aliphatic heterocycles. The van der Waals surface area contributed by atoms with E-state index in [2.05, 4.69) is 170 Å². The van der Waals surface area contributed by atoms with Gasteiger partial charge in [0.05, 0.1) is 0 Å². The molecule has 1 aromatic heterocycles. The lowest BCUT2D eigenvalue weighted by Crippen LogP contribution is -2.02. The van der Waals surface area contributed by atoms with Crippen LogP contribution in [0.1, 0.15) is 29.0 Å². The Kier molecular flexibility index (Phi) is 9.38. The van der Waals surface area contributed by atoms with Crippen molar-refractivity contribution in [3.63, 3.8) is 0 Å². The third-order valence-electron chi connectivity index (χ3n) is 13.9. The molecule has 12 aromatic rings. The van der Waals surface area contributed by atoms with Gasteiger partial charge >= 0.3 is 0 Å². The van der Waals surface area contributed by atoms with E-state index in [0.29, 0.717) is 17.5 Å². The first-order valence-electron chi connectivity index (χ1n) is 23.3. The SMILES string of the molecule is c1ccc(-c2nc(-c3ccccc3)nc(-c3cccc(-c4ccc5c(c4)c4ccccc4c4cccc(-c6ccc7c(c6)-c6ccccc6CCC7c6ccc7ccccc7c6)c45)c3)n2)cc1. The highest BCUT2D eigenvalue weighted by Crippen LogP contribution is 2.46. The van der Waals surface area contributed by atoms with Crippen molar-refractivity contribution in [1.82, 2.24) is 15.0 Å². The van der Waals surface area contributed by atoms with Gasteiger partial charge in [0.1, 0.15) is 0 Å². The van der Waals surface area contributed by atoms with Crippen molar-refractivity contribution >= 4 is 43.1 Å². The molecule has 0 fully saturated rings. The summed E-state index contributed by atoms with van der Waals surface area (Å²) in [7, 11) is 0. The van der Waals surface area contributed by atoms with Crippen molar-refractivity contribution in [2.75, 3.05) is 0 Å². The number of hydrogen-bond donors (Lipinski definition) is 0. The van der Waals surface area contributed by atoms with E-state index in [1.54, 1.807) is 0 Å². The number of hydrogen-bond acceptors (Lipinski definition) is 3. The molecule has 0 spiro atoms. The summed E-state index contributed by atoms with van der Waals surface area (Å²) in [6.45, 7) is 0. The number of benzene rings is 11. The fraction of sp³-hybridized carbons (Fsp3) is 0.0469. The van der Waals surface area contributed by atoms with Crippen LogP contribution in [0.3, 0.4) is 0 Å². The largest absolute Gasteiger partial charge is 0.208 e. The summed E-state index contributed by atoms with van der Waals surface area (Å²) in [4.78, 5) is 15.0.